The number of anilines is 1. The predicted molar refractivity (Wildman–Crippen MR) is 150 cm³/mol. The van der Waals surface area contributed by atoms with Crippen LogP contribution >= 0.6 is 11.6 Å². The fourth-order valence-electron chi connectivity index (χ4n) is 3.57. The van der Waals surface area contributed by atoms with Crippen LogP contribution in [0.2, 0.25) is 5.02 Å². The third-order valence-corrected chi connectivity index (χ3v) is 7.81. The molecule has 0 fully saturated rings. The number of benzene rings is 4. The molecule has 1 amide bonds. The first-order chi connectivity index (χ1) is 18.3. The number of hydrazone groups is 1. The number of amides is 1. The van der Waals surface area contributed by atoms with E-state index in [4.69, 9.17) is 16.3 Å². The van der Waals surface area contributed by atoms with Crippen molar-refractivity contribution in [3.63, 3.8) is 0 Å². The van der Waals surface area contributed by atoms with Crippen molar-refractivity contribution in [1.29, 1.82) is 0 Å². The van der Waals surface area contributed by atoms with Gasteiger partial charge in [0.05, 0.1) is 16.8 Å². The minimum Gasteiger partial charge on any atom is -0.488 e. The van der Waals surface area contributed by atoms with Crippen molar-refractivity contribution >= 4 is 39.4 Å². The van der Waals surface area contributed by atoms with Crippen LogP contribution in [0.5, 0.6) is 5.75 Å². The van der Waals surface area contributed by atoms with Crippen LogP contribution in [-0.4, -0.2) is 27.1 Å². The molecule has 0 aliphatic rings. The minimum atomic E-state index is -4.05. The average Bonchev–Trinajstić information content (AvgIpc) is 2.94. The summed E-state index contributed by atoms with van der Waals surface area (Å²) in [6, 6.07) is 29.8. The second-order valence-corrected chi connectivity index (χ2v) is 10.6. The Kier molecular flexibility index (Phi) is 8.78. The van der Waals surface area contributed by atoms with Crippen LogP contribution in [0.1, 0.15) is 16.7 Å². The number of sulfonamides is 1. The van der Waals surface area contributed by atoms with Crippen LogP contribution < -0.4 is 14.5 Å². The fourth-order valence-corrected chi connectivity index (χ4v) is 5.17. The SMILES string of the molecule is Cc1ccc(N(CC(=O)N/N=C/c2ccccc2OCc2ccccc2)S(=O)(=O)c2ccccc2)cc1Cl. The van der Waals surface area contributed by atoms with Crippen LogP contribution in [0.4, 0.5) is 5.69 Å². The molecule has 0 saturated heterocycles. The number of rotatable bonds is 10. The van der Waals surface area contributed by atoms with Gasteiger partial charge in [0.15, 0.2) is 0 Å². The summed E-state index contributed by atoms with van der Waals surface area (Å²) in [5, 5.41) is 4.43. The van der Waals surface area contributed by atoms with Gasteiger partial charge in [-0.25, -0.2) is 13.8 Å². The molecule has 0 bridgehead atoms. The number of nitrogens with zero attached hydrogens (tertiary/aromatic N) is 2. The van der Waals surface area contributed by atoms with E-state index in [1.165, 1.54) is 24.4 Å². The van der Waals surface area contributed by atoms with Gasteiger partial charge in [-0.15, -0.1) is 0 Å². The third-order valence-electron chi connectivity index (χ3n) is 5.61. The van der Waals surface area contributed by atoms with Gasteiger partial charge < -0.3 is 4.74 Å². The molecule has 9 heteroatoms. The van der Waals surface area contributed by atoms with Crippen molar-refractivity contribution in [2.24, 2.45) is 5.10 Å². The van der Waals surface area contributed by atoms with E-state index in [0.29, 0.717) is 22.9 Å². The monoisotopic (exact) mass is 547 g/mol. The molecule has 0 atom stereocenters. The minimum absolute atomic E-state index is 0.0532. The molecule has 0 aliphatic carbocycles. The molecule has 194 valence electrons. The summed E-state index contributed by atoms with van der Waals surface area (Å²) < 4.78 is 33.8. The van der Waals surface area contributed by atoms with Crippen LogP contribution in [0, 0.1) is 6.92 Å². The van der Waals surface area contributed by atoms with Crippen molar-refractivity contribution in [3.05, 3.63) is 125 Å². The molecule has 0 spiro atoms. The third kappa shape index (κ3) is 6.79. The lowest BCUT2D eigenvalue weighted by Gasteiger charge is -2.24. The predicted octanol–water partition coefficient (Wildman–Crippen LogP) is 5.57. The van der Waals surface area contributed by atoms with Gasteiger partial charge in [-0.1, -0.05) is 78.3 Å². The molecular weight excluding hydrogens is 522 g/mol. The van der Waals surface area contributed by atoms with E-state index in [1.54, 1.807) is 42.5 Å². The number of carbonyl (C=O) groups excluding carboxylic acids is 1. The summed E-state index contributed by atoms with van der Waals surface area (Å²) in [7, 11) is -4.05. The van der Waals surface area contributed by atoms with Gasteiger partial charge in [0.25, 0.3) is 15.9 Å². The lowest BCUT2D eigenvalue weighted by Crippen LogP contribution is -2.39. The molecule has 1 N–H and O–H groups in total. The number of hydrogen-bond donors (Lipinski definition) is 1. The summed E-state index contributed by atoms with van der Waals surface area (Å²) in [6.07, 6.45) is 1.46. The molecule has 0 aliphatic heterocycles. The zero-order valence-corrected chi connectivity index (χ0v) is 22.2. The second kappa shape index (κ2) is 12.4. The number of para-hydroxylation sites is 1. The molecule has 0 aromatic heterocycles. The Balaban J connectivity index is 1.50. The highest BCUT2D eigenvalue weighted by atomic mass is 35.5. The van der Waals surface area contributed by atoms with Crippen LogP contribution in [0.15, 0.2) is 113 Å². The average molecular weight is 548 g/mol. The van der Waals surface area contributed by atoms with Gasteiger partial charge >= 0.3 is 0 Å². The number of hydrogen-bond acceptors (Lipinski definition) is 5. The first-order valence-corrected chi connectivity index (χ1v) is 13.6. The van der Waals surface area contributed by atoms with Crippen molar-refractivity contribution in [2.45, 2.75) is 18.4 Å². The van der Waals surface area contributed by atoms with Gasteiger partial charge in [-0.2, -0.15) is 5.10 Å². The zero-order chi connectivity index (χ0) is 27.0. The summed E-state index contributed by atoms with van der Waals surface area (Å²) >= 11 is 6.26. The van der Waals surface area contributed by atoms with E-state index < -0.39 is 22.5 Å². The van der Waals surface area contributed by atoms with E-state index in [-0.39, 0.29) is 10.6 Å². The summed E-state index contributed by atoms with van der Waals surface area (Å²) in [6.45, 7) is 1.69. The topological polar surface area (TPSA) is 88.1 Å². The maximum atomic E-state index is 13.4. The van der Waals surface area contributed by atoms with E-state index in [0.717, 1.165) is 15.4 Å². The Hall–Kier alpha value is -4.14. The highest BCUT2D eigenvalue weighted by molar-refractivity contribution is 7.92. The maximum absolute atomic E-state index is 13.4. The molecular formula is C29H26ClN3O4S. The van der Waals surface area contributed by atoms with Crippen molar-refractivity contribution in [2.75, 3.05) is 10.8 Å². The summed E-state index contributed by atoms with van der Waals surface area (Å²) in [5.74, 6) is -0.0305. The Labute approximate surface area is 227 Å². The summed E-state index contributed by atoms with van der Waals surface area (Å²) in [5.41, 5.74) is 5.14. The first kappa shape index (κ1) is 26.9. The Morgan fingerprint density at radius 3 is 2.32 bits per heavy atom. The van der Waals surface area contributed by atoms with E-state index >= 15 is 0 Å². The van der Waals surface area contributed by atoms with Crippen LogP contribution in [0.25, 0.3) is 0 Å². The maximum Gasteiger partial charge on any atom is 0.264 e. The molecule has 0 radical (unpaired) electrons. The largest absolute Gasteiger partial charge is 0.488 e. The number of ether oxygens (including phenoxy) is 1. The summed E-state index contributed by atoms with van der Waals surface area (Å²) in [4.78, 5) is 12.9. The quantitative estimate of drug-likeness (QED) is 0.207. The van der Waals surface area contributed by atoms with Crippen molar-refractivity contribution < 1.29 is 17.9 Å². The number of carbonyl (C=O) groups is 1. The van der Waals surface area contributed by atoms with Crippen molar-refractivity contribution in [3.8, 4) is 5.75 Å². The first-order valence-electron chi connectivity index (χ1n) is 11.8. The normalized spacial score (nSPS) is 11.3. The molecule has 38 heavy (non-hydrogen) atoms. The van der Waals surface area contributed by atoms with Crippen LogP contribution in [0.3, 0.4) is 0 Å². The Morgan fingerprint density at radius 1 is 0.947 bits per heavy atom. The standard InChI is InChI=1S/C29H26ClN3O4S/c1-22-16-17-25(18-27(22)30)33(38(35,36)26-13-6-3-7-14-26)20-29(34)32-31-19-24-12-8-9-15-28(24)37-21-23-10-4-2-5-11-23/h2-19H,20-21H2,1H3,(H,32,34)/b31-19+. The highest BCUT2D eigenvalue weighted by Gasteiger charge is 2.27. The number of aryl methyl sites for hydroxylation is 1. The van der Waals surface area contributed by atoms with E-state index in [1.807, 2.05) is 49.4 Å². The van der Waals surface area contributed by atoms with E-state index in [9.17, 15) is 13.2 Å². The van der Waals surface area contributed by atoms with Gasteiger partial charge in [-0.3, -0.25) is 9.10 Å². The highest BCUT2D eigenvalue weighted by Crippen LogP contribution is 2.28. The molecule has 4 aromatic carbocycles. The lowest BCUT2D eigenvalue weighted by molar-refractivity contribution is -0.119. The number of halogens is 1. The van der Waals surface area contributed by atoms with Crippen molar-refractivity contribution in [1.82, 2.24) is 5.43 Å². The lowest BCUT2D eigenvalue weighted by atomic mass is 10.2. The van der Waals surface area contributed by atoms with Crippen LogP contribution in [-0.2, 0) is 21.4 Å². The second-order valence-electron chi connectivity index (χ2n) is 8.36. The Bertz CT molecular complexity index is 1530. The molecule has 0 heterocycles. The molecule has 4 rings (SSSR count). The van der Waals surface area contributed by atoms with Gasteiger partial charge in [0, 0.05) is 10.6 Å². The Morgan fingerprint density at radius 2 is 1.61 bits per heavy atom. The molecule has 0 saturated carbocycles. The molecule has 4 aromatic rings. The fraction of sp³-hybridized carbons (Fsp3) is 0.103. The van der Waals surface area contributed by atoms with Gasteiger partial charge in [0.2, 0.25) is 0 Å². The molecule has 7 nitrogen and oxygen atoms in total. The number of nitrogens with one attached hydrogen (secondary N) is 1. The van der Waals surface area contributed by atoms with Gasteiger partial charge in [0.1, 0.15) is 18.9 Å². The van der Waals surface area contributed by atoms with E-state index in [2.05, 4.69) is 10.5 Å². The molecule has 0 unspecified atom stereocenters. The van der Waals surface area contributed by atoms with Gasteiger partial charge in [-0.05, 0) is 54.4 Å². The zero-order valence-electron chi connectivity index (χ0n) is 20.6. The smallest absolute Gasteiger partial charge is 0.264 e.